The number of aromatic nitrogens is 1. The standard InChI is InChI=1S/C27H32N4O3/c1-3-16-11-22(15(2)10-23(16)26(28)33)27(34)30-19-12-20-7-8-21(13-19)31(20)24-9-6-18(14-29-24)25(32)17-4-5-17/h6,9-11,14,17,19-21H,3-5,7-8,12-13H2,1-2H3,(H2,28,33)(H,30,34)/t19-,20+,21-. The molecule has 7 heteroatoms. The molecule has 178 valence electrons. The molecule has 3 fully saturated rings. The van der Waals surface area contributed by atoms with Crippen molar-refractivity contribution in [3.05, 3.63) is 58.3 Å². The molecule has 2 amide bonds. The number of ketones is 1. The van der Waals surface area contributed by atoms with Gasteiger partial charge in [-0.3, -0.25) is 14.4 Å². The van der Waals surface area contributed by atoms with E-state index in [0.717, 1.165) is 55.5 Å². The van der Waals surface area contributed by atoms with Crippen molar-refractivity contribution in [3.63, 3.8) is 0 Å². The molecular weight excluding hydrogens is 428 g/mol. The number of nitrogens with two attached hydrogens (primary N) is 1. The van der Waals surface area contributed by atoms with Crippen LogP contribution in [0.5, 0.6) is 0 Å². The zero-order valence-electron chi connectivity index (χ0n) is 19.8. The van der Waals surface area contributed by atoms with E-state index in [1.165, 1.54) is 0 Å². The molecule has 2 aromatic rings. The third kappa shape index (κ3) is 4.19. The number of piperidine rings is 1. The Morgan fingerprint density at radius 3 is 2.32 bits per heavy atom. The van der Waals surface area contributed by atoms with Gasteiger partial charge in [0.1, 0.15) is 5.82 Å². The van der Waals surface area contributed by atoms with E-state index < -0.39 is 5.91 Å². The van der Waals surface area contributed by atoms with E-state index in [1.807, 2.05) is 32.0 Å². The van der Waals surface area contributed by atoms with Gasteiger partial charge in [-0.25, -0.2) is 4.98 Å². The summed E-state index contributed by atoms with van der Waals surface area (Å²) in [4.78, 5) is 44.2. The summed E-state index contributed by atoms with van der Waals surface area (Å²) in [7, 11) is 0. The van der Waals surface area contributed by atoms with E-state index in [0.29, 0.717) is 35.2 Å². The summed E-state index contributed by atoms with van der Waals surface area (Å²) < 4.78 is 0. The Balaban J connectivity index is 1.27. The zero-order chi connectivity index (χ0) is 24.0. The minimum Gasteiger partial charge on any atom is -0.366 e. The van der Waals surface area contributed by atoms with Crippen LogP contribution < -0.4 is 16.0 Å². The zero-order valence-corrected chi connectivity index (χ0v) is 19.8. The number of hydrogen-bond acceptors (Lipinski definition) is 5. The largest absolute Gasteiger partial charge is 0.366 e. The van der Waals surface area contributed by atoms with Crippen LogP contribution in [0, 0.1) is 12.8 Å². The number of carbonyl (C=O) groups is 3. The number of pyridine rings is 1. The number of amides is 2. The second-order valence-electron chi connectivity index (χ2n) is 10.0. The summed E-state index contributed by atoms with van der Waals surface area (Å²) in [5.41, 5.74) is 8.87. The first-order valence-corrected chi connectivity index (χ1v) is 12.4. The highest BCUT2D eigenvalue weighted by molar-refractivity contribution is 6.00. The lowest BCUT2D eigenvalue weighted by molar-refractivity contribution is 0.0923. The van der Waals surface area contributed by atoms with Gasteiger partial charge in [-0.05, 0) is 87.3 Å². The van der Waals surface area contributed by atoms with Gasteiger partial charge in [0.05, 0.1) is 0 Å². The molecule has 2 saturated heterocycles. The van der Waals surface area contributed by atoms with Crippen molar-refractivity contribution >= 4 is 23.4 Å². The molecule has 0 radical (unpaired) electrons. The number of nitrogens with one attached hydrogen (secondary N) is 1. The number of benzene rings is 1. The van der Waals surface area contributed by atoms with E-state index >= 15 is 0 Å². The molecule has 7 nitrogen and oxygen atoms in total. The fraction of sp³-hybridized carbons (Fsp3) is 0.481. The molecule has 2 aliphatic heterocycles. The number of aryl methyl sites for hydroxylation is 2. The number of rotatable bonds is 7. The molecule has 0 unspecified atom stereocenters. The topological polar surface area (TPSA) is 105 Å². The molecule has 5 rings (SSSR count). The predicted octanol–water partition coefficient (Wildman–Crippen LogP) is 3.57. The van der Waals surface area contributed by atoms with Crippen molar-refractivity contribution in [2.45, 2.75) is 76.9 Å². The van der Waals surface area contributed by atoms with E-state index in [1.54, 1.807) is 12.3 Å². The molecule has 1 aromatic carbocycles. The average Bonchev–Trinajstić information content (AvgIpc) is 3.63. The smallest absolute Gasteiger partial charge is 0.251 e. The first kappa shape index (κ1) is 22.6. The van der Waals surface area contributed by atoms with Gasteiger partial charge in [-0.15, -0.1) is 0 Å². The minimum atomic E-state index is -0.464. The van der Waals surface area contributed by atoms with E-state index in [4.69, 9.17) is 5.73 Å². The SMILES string of the molecule is CCc1cc(C(=O)N[C@H]2C[C@H]3CC[C@@H](C2)N3c2ccc(C(=O)C3CC3)cn2)c(C)cc1C(N)=O. The van der Waals surface area contributed by atoms with Crippen LogP contribution in [0.15, 0.2) is 30.5 Å². The summed E-state index contributed by atoms with van der Waals surface area (Å²) >= 11 is 0. The number of fused-ring (bicyclic) bond motifs is 2. The van der Waals surface area contributed by atoms with Crippen LogP contribution in [0.4, 0.5) is 5.82 Å². The van der Waals surface area contributed by atoms with Gasteiger partial charge < -0.3 is 16.0 Å². The summed E-state index contributed by atoms with van der Waals surface area (Å²) in [5.74, 6) is 0.785. The van der Waals surface area contributed by atoms with Crippen molar-refractivity contribution in [3.8, 4) is 0 Å². The van der Waals surface area contributed by atoms with Gasteiger partial charge in [0.2, 0.25) is 5.91 Å². The number of anilines is 1. The summed E-state index contributed by atoms with van der Waals surface area (Å²) in [6.45, 7) is 3.80. The van der Waals surface area contributed by atoms with Gasteiger partial charge >= 0.3 is 0 Å². The van der Waals surface area contributed by atoms with E-state index in [9.17, 15) is 14.4 Å². The molecule has 1 aliphatic carbocycles. The first-order valence-electron chi connectivity index (χ1n) is 12.4. The fourth-order valence-corrected chi connectivity index (χ4v) is 5.72. The van der Waals surface area contributed by atoms with Crippen LogP contribution in [-0.2, 0) is 6.42 Å². The van der Waals surface area contributed by atoms with Crippen molar-refractivity contribution < 1.29 is 14.4 Å². The van der Waals surface area contributed by atoms with Gasteiger partial charge in [0.25, 0.3) is 5.91 Å². The Kier molecular flexibility index (Phi) is 5.88. The minimum absolute atomic E-state index is 0.0947. The molecule has 3 N–H and O–H groups in total. The quantitative estimate of drug-likeness (QED) is 0.615. The Morgan fingerprint density at radius 2 is 1.76 bits per heavy atom. The van der Waals surface area contributed by atoms with Gasteiger partial charge in [0, 0.05) is 46.9 Å². The maximum atomic E-state index is 13.1. The molecule has 3 aliphatic rings. The Bertz CT molecular complexity index is 1130. The molecule has 3 heterocycles. The van der Waals surface area contributed by atoms with Crippen LogP contribution in [0.2, 0.25) is 0 Å². The molecule has 0 spiro atoms. The average molecular weight is 461 g/mol. The van der Waals surface area contributed by atoms with Crippen LogP contribution in [0.3, 0.4) is 0 Å². The van der Waals surface area contributed by atoms with Crippen molar-refractivity contribution in [2.75, 3.05) is 4.90 Å². The van der Waals surface area contributed by atoms with Crippen molar-refractivity contribution in [1.29, 1.82) is 0 Å². The van der Waals surface area contributed by atoms with Gasteiger partial charge in [-0.2, -0.15) is 0 Å². The first-order chi connectivity index (χ1) is 16.4. The monoisotopic (exact) mass is 460 g/mol. The summed E-state index contributed by atoms with van der Waals surface area (Å²) in [6, 6.07) is 8.18. The van der Waals surface area contributed by atoms with Crippen LogP contribution in [-0.4, -0.2) is 40.7 Å². The van der Waals surface area contributed by atoms with Gasteiger partial charge in [-0.1, -0.05) is 6.92 Å². The molecule has 3 atom stereocenters. The molecular formula is C27H32N4O3. The van der Waals surface area contributed by atoms with Gasteiger partial charge in [0.15, 0.2) is 5.78 Å². The number of carbonyl (C=O) groups excluding carboxylic acids is 3. The molecule has 2 bridgehead atoms. The van der Waals surface area contributed by atoms with Crippen LogP contribution in [0.1, 0.15) is 87.6 Å². The normalized spacial score (nSPS) is 23.6. The van der Waals surface area contributed by atoms with Crippen molar-refractivity contribution in [2.24, 2.45) is 11.7 Å². The highest BCUT2D eigenvalue weighted by Gasteiger charge is 2.42. The highest BCUT2D eigenvalue weighted by atomic mass is 16.2. The van der Waals surface area contributed by atoms with E-state index in [-0.39, 0.29) is 23.7 Å². The third-order valence-electron chi connectivity index (χ3n) is 7.65. The Morgan fingerprint density at radius 1 is 1.06 bits per heavy atom. The molecule has 34 heavy (non-hydrogen) atoms. The number of hydrogen-bond donors (Lipinski definition) is 2. The van der Waals surface area contributed by atoms with Crippen LogP contribution in [0.25, 0.3) is 0 Å². The number of Topliss-reactive ketones (excluding diaryl/α,β-unsaturated/α-hetero) is 1. The maximum Gasteiger partial charge on any atom is 0.251 e. The lowest BCUT2D eigenvalue weighted by Gasteiger charge is -2.40. The Hall–Kier alpha value is -3.22. The Labute approximate surface area is 200 Å². The highest BCUT2D eigenvalue weighted by Crippen LogP contribution is 2.39. The third-order valence-corrected chi connectivity index (χ3v) is 7.65. The molecule has 1 aromatic heterocycles. The van der Waals surface area contributed by atoms with E-state index in [2.05, 4.69) is 15.2 Å². The fourth-order valence-electron chi connectivity index (χ4n) is 5.72. The summed E-state index contributed by atoms with van der Waals surface area (Å²) in [6.07, 6.45) is 8.25. The number of primary amides is 1. The summed E-state index contributed by atoms with van der Waals surface area (Å²) in [5, 5.41) is 3.25. The second-order valence-corrected chi connectivity index (χ2v) is 10.0. The number of nitrogens with zero attached hydrogens (tertiary/aromatic N) is 2. The maximum absolute atomic E-state index is 13.1. The predicted molar refractivity (Wildman–Crippen MR) is 130 cm³/mol. The lowest BCUT2D eigenvalue weighted by atomic mass is 9.94. The van der Waals surface area contributed by atoms with Crippen molar-refractivity contribution in [1.82, 2.24) is 10.3 Å². The second kappa shape index (κ2) is 8.85. The lowest BCUT2D eigenvalue weighted by Crippen LogP contribution is -2.50. The molecule has 1 saturated carbocycles. The van der Waals surface area contributed by atoms with Crippen LogP contribution >= 0.6 is 0 Å².